The molecule has 1 rings (SSSR count). The number of carbonyl (C=O) groups is 2. The normalized spacial score (nSPS) is 12.1. The van der Waals surface area contributed by atoms with Crippen LogP contribution in [0.25, 0.3) is 0 Å². The van der Waals surface area contributed by atoms with Crippen molar-refractivity contribution in [2.24, 2.45) is 0 Å². The number of thioether (sulfide) groups is 1. The van der Waals surface area contributed by atoms with E-state index < -0.39 is 12.0 Å². The zero-order valence-corrected chi connectivity index (χ0v) is 11.0. The second-order valence-corrected chi connectivity index (χ2v) is 4.83. The molecule has 1 heterocycles. The van der Waals surface area contributed by atoms with Gasteiger partial charge in [0, 0.05) is 12.7 Å². The quantitative estimate of drug-likeness (QED) is 0.700. The Morgan fingerprint density at radius 3 is 2.72 bits per heavy atom. The number of amides is 1. The van der Waals surface area contributed by atoms with Crippen LogP contribution in [0.15, 0.2) is 4.63 Å². The topological polar surface area (TPSA) is 105 Å². The summed E-state index contributed by atoms with van der Waals surface area (Å²) in [4.78, 5) is 21.7. The molecule has 0 aromatic carbocycles. The van der Waals surface area contributed by atoms with Crippen molar-refractivity contribution in [2.75, 3.05) is 5.75 Å². The van der Waals surface area contributed by atoms with Gasteiger partial charge in [-0.05, 0) is 19.1 Å². The Morgan fingerprint density at radius 2 is 2.22 bits per heavy atom. The fourth-order valence-electron chi connectivity index (χ4n) is 1.25. The first-order valence-electron chi connectivity index (χ1n) is 5.36. The van der Waals surface area contributed by atoms with Crippen LogP contribution in [0.1, 0.15) is 24.7 Å². The number of carbonyl (C=O) groups excluding carboxylic acids is 1. The number of carboxylic acids is 1. The summed E-state index contributed by atoms with van der Waals surface area (Å²) in [5.41, 5.74) is 1.49. The molecule has 0 fully saturated rings. The van der Waals surface area contributed by atoms with Crippen molar-refractivity contribution in [1.82, 2.24) is 15.6 Å². The number of aryl methyl sites for hydroxylation is 1. The number of hydrogen-bond acceptors (Lipinski definition) is 6. The number of nitrogens with one attached hydrogen (secondary N) is 1. The molecule has 7 nitrogen and oxygen atoms in total. The van der Waals surface area contributed by atoms with Crippen molar-refractivity contribution < 1.29 is 19.3 Å². The van der Waals surface area contributed by atoms with Crippen LogP contribution in [0.3, 0.4) is 0 Å². The minimum atomic E-state index is -1.02. The van der Waals surface area contributed by atoms with Crippen molar-refractivity contribution in [2.45, 2.75) is 32.1 Å². The third-order valence-corrected chi connectivity index (χ3v) is 3.21. The highest BCUT2D eigenvalue weighted by molar-refractivity contribution is 7.98. The number of nitrogens with zero attached hydrogens (tertiary/aromatic N) is 2. The number of aliphatic carboxylic acids is 1. The zero-order valence-electron chi connectivity index (χ0n) is 10.2. The van der Waals surface area contributed by atoms with Crippen LogP contribution in [0, 0.1) is 6.92 Å². The monoisotopic (exact) mass is 273 g/mol. The van der Waals surface area contributed by atoms with Gasteiger partial charge in [0.05, 0.1) is 0 Å². The summed E-state index contributed by atoms with van der Waals surface area (Å²) in [6.07, 6.45) is 0.365. The van der Waals surface area contributed by atoms with Crippen molar-refractivity contribution in [3.8, 4) is 0 Å². The van der Waals surface area contributed by atoms with Crippen LogP contribution in [0.5, 0.6) is 0 Å². The van der Waals surface area contributed by atoms with E-state index in [2.05, 4.69) is 20.3 Å². The predicted octanol–water partition coefficient (Wildman–Crippen LogP) is 0.591. The van der Waals surface area contributed by atoms with E-state index in [-0.39, 0.29) is 5.91 Å². The second-order valence-electron chi connectivity index (χ2n) is 3.73. The van der Waals surface area contributed by atoms with Crippen LogP contribution >= 0.6 is 11.8 Å². The van der Waals surface area contributed by atoms with Crippen molar-refractivity contribution in [3.63, 3.8) is 0 Å². The maximum Gasteiger partial charge on any atom is 0.326 e. The lowest BCUT2D eigenvalue weighted by Crippen LogP contribution is -2.39. The molecule has 0 aliphatic rings. The molecule has 1 aromatic heterocycles. The van der Waals surface area contributed by atoms with Gasteiger partial charge in [-0.3, -0.25) is 4.79 Å². The molecule has 8 heteroatoms. The SMILES string of the molecule is CC(=O)NC(CCSCc1nonc1C)C(=O)O. The number of hydrogen-bond donors (Lipinski definition) is 2. The molecule has 1 atom stereocenters. The minimum Gasteiger partial charge on any atom is -0.480 e. The Morgan fingerprint density at radius 1 is 1.50 bits per heavy atom. The molecule has 0 saturated carbocycles. The van der Waals surface area contributed by atoms with Gasteiger partial charge in [0.25, 0.3) is 0 Å². The molecule has 0 radical (unpaired) electrons. The van der Waals surface area contributed by atoms with Gasteiger partial charge in [-0.2, -0.15) is 11.8 Å². The lowest BCUT2D eigenvalue weighted by molar-refractivity contribution is -0.141. The zero-order chi connectivity index (χ0) is 13.5. The van der Waals surface area contributed by atoms with Gasteiger partial charge < -0.3 is 10.4 Å². The molecule has 0 aliphatic heterocycles. The van der Waals surface area contributed by atoms with E-state index >= 15 is 0 Å². The van der Waals surface area contributed by atoms with E-state index in [0.29, 0.717) is 17.9 Å². The Bertz CT molecular complexity index is 421. The number of carboxylic acid groups (broad SMARTS) is 1. The Labute approximate surface area is 108 Å². The molecule has 1 unspecified atom stereocenters. The highest BCUT2D eigenvalue weighted by atomic mass is 32.2. The molecule has 1 amide bonds. The van der Waals surface area contributed by atoms with Gasteiger partial charge in [-0.15, -0.1) is 0 Å². The van der Waals surface area contributed by atoms with Crippen molar-refractivity contribution in [1.29, 1.82) is 0 Å². The number of rotatable bonds is 7. The fourth-order valence-corrected chi connectivity index (χ4v) is 2.25. The molecular weight excluding hydrogens is 258 g/mol. The summed E-state index contributed by atoms with van der Waals surface area (Å²) in [6, 6.07) is -0.841. The van der Waals surface area contributed by atoms with E-state index in [9.17, 15) is 9.59 Å². The van der Waals surface area contributed by atoms with Crippen molar-refractivity contribution >= 4 is 23.6 Å². The standard InChI is InChI=1S/C10H15N3O4S/c1-6-9(13-17-12-6)5-18-4-3-8(10(15)16)11-7(2)14/h8H,3-5H2,1-2H3,(H,11,14)(H,15,16). The predicted molar refractivity (Wildman–Crippen MR) is 65.1 cm³/mol. The maximum absolute atomic E-state index is 10.9. The van der Waals surface area contributed by atoms with Crippen LogP contribution in [-0.4, -0.2) is 39.1 Å². The Balaban J connectivity index is 2.29. The fraction of sp³-hybridized carbons (Fsp3) is 0.600. The molecule has 0 saturated heterocycles. The first-order chi connectivity index (χ1) is 8.50. The summed E-state index contributed by atoms with van der Waals surface area (Å²) in [5.74, 6) is -0.153. The van der Waals surface area contributed by atoms with Crippen LogP contribution in [0.2, 0.25) is 0 Å². The molecule has 100 valence electrons. The molecule has 2 N–H and O–H groups in total. The Hall–Kier alpha value is -1.57. The third-order valence-electron chi connectivity index (χ3n) is 2.21. The van der Waals surface area contributed by atoms with Crippen LogP contribution < -0.4 is 5.32 Å². The van der Waals surface area contributed by atoms with Crippen LogP contribution in [-0.2, 0) is 15.3 Å². The summed E-state index contributed by atoms with van der Waals surface area (Å²) >= 11 is 1.52. The van der Waals surface area contributed by atoms with E-state index in [0.717, 1.165) is 11.4 Å². The molecular formula is C10H15N3O4S. The summed E-state index contributed by atoms with van der Waals surface area (Å²) in [6.45, 7) is 3.09. The van der Waals surface area contributed by atoms with Gasteiger partial charge in [-0.25, -0.2) is 9.42 Å². The molecule has 1 aromatic rings. The lowest BCUT2D eigenvalue weighted by Gasteiger charge is -2.12. The highest BCUT2D eigenvalue weighted by Gasteiger charge is 2.17. The smallest absolute Gasteiger partial charge is 0.326 e. The molecule has 0 bridgehead atoms. The maximum atomic E-state index is 10.9. The summed E-state index contributed by atoms with van der Waals surface area (Å²) < 4.78 is 4.55. The first-order valence-corrected chi connectivity index (χ1v) is 6.52. The average Bonchev–Trinajstić information content (AvgIpc) is 2.68. The summed E-state index contributed by atoms with van der Waals surface area (Å²) in [5, 5.41) is 18.6. The lowest BCUT2D eigenvalue weighted by atomic mass is 10.2. The van der Waals surface area contributed by atoms with E-state index in [4.69, 9.17) is 5.11 Å². The van der Waals surface area contributed by atoms with Gasteiger partial charge in [-0.1, -0.05) is 10.3 Å². The van der Waals surface area contributed by atoms with Gasteiger partial charge in [0.2, 0.25) is 5.91 Å². The van der Waals surface area contributed by atoms with Crippen molar-refractivity contribution in [3.05, 3.63) is 11.4 Å². The first kappa shape index (κ1) is 14.5. The van der Waals surface area contributed by atoms with Crippen LogP contribution in [0.4, 0.5) is 0 Å². The average molecular weight is 273 g/mol. The third kappa shape index (κ3) is 4.74. The molecule has 0 spiro atoms. The van der Waals surface area contributed by atoms with Gasteiger partial charge in [0.15, 0.2) is 0 Å². The minimum absolute atomic E-state index is 0.344. The van der Waals surface area contributed by atoms with E-state index in [1.54, 1.807) is 6.92 Å². The second kappa shape index (κ2) is 7.00. The molecule has 0 aliphatic carbocycles. The number of aromatic nitrogens is 2. The largest absolute Gasteiger partial charge is 0.480 e. The molecule has 18 heavy (non-hydrogen) atoms. The summed E-state index contributed by atoms with van der Waals surface area (Å²) in [7, 11) is 0. The van der Waals surface area contributed by atoms with E-state index in [1.165, 1.54) is 18.7 Å². The van der Waals surface area contributed by atoms with E-state index in [1.807, 2.05) is 0 Å². The highest BCUT2D eigenvalue weighted by Crippen LogP contribution is 2.14. The Kier molecular flexibility index (Phi) is 5.63. The van der Waals surface area contributed by atoms with Gasteiger partial charge in [0.1, 0.15) is 17.4 Å². The van der Waals surface area contributed by atoms with Gasteiger partial charge >= 0.3 is 5.97 Å².